The Bertz CT molecular complexity index is 333. The fourth-order valence-electron chi connectivity index (χ4n) is 3.72. The maximum atomic E-state index is 12.5. The predicted molar refractivity (Wildman–Crippen MR) is 66.0 cm³/mol. The van der Waals surface area contributed by atoms with Crippen molar-refractivity contribution in [1.82, 2.24) is 4.90 Å². The van der Waals surface area contributed by atoms with Crippen LogP contribution in [0.2, 0.25) is 0 Å². The summed E-state index contributed by atoms with van der Waals surface area (Å²) in [5.74, 6) is 1.14. The van der Waals surface area contributed by atoms with E-state index in [4.69, 9.17) is 4.74 Å². The van der Waals surface area contributed by atoms with E-state index >= 15 is 0 Å². The number of rotatable bonds is 1. The van der Waals surface area contributed by atoms with Gasteiger partial charge in [-0.3, -0.25) is 9.59 Å². The smallest absolute Gasteiger partial charge is 0.225 e. The van der Waals surface area contributed by atoms with Crippen molar-refractivity contribution in [2.24, 2.45) is 17.8 Å². The van der Waals surface area contributed by atoms with Crippen LogP contribution in [0, 0.1) is 17.8 Å². The van der Waals surface area contributed by atoms with E-state index in [1.807, 2.05) is 4.90 Å². The third kappa shape index (κ3) is 2.18. The van der Waals surface area contributed by atoms with Crippen LogP contribution in [-0.4, -0.2) is 42.9 Å². The highest BCUT2D eigenvalue weighted by Gasteiger charge is 2.42. The molecule has 0 aromatic carbocycles. The molecule has 1 amide bonds. The topological polar surface area (TPSA) is 46.6 Å². The molecule has 1 aliphatic heterocycles. The first kappa shape index (κ1) is 12.2. The molecular formula is C14H21NO3. The lowest BCUT2D eigenvalue weighted by molar-refractivity contribution is -0.146. The van der Waals surface area contributed by atoms with Gasteiger partial charge >= 0.3 is 0 Å². The number of amides is 1. The lowest BCUT2D eigenvalue weighted by Crippen LogP contribution is -2.47. The average Bonchev–Trinajstić information content (AvgIpc) is 2.38. The second kappa shape index (κ2) is 5.00. The minimum absolute atomic E-state index is 0.0936. The van der Waals surface area contributed by atoms with Crippen molar-refractivity contribution in [3.8, 4) is 0 Å². The fourth-order valence-corrected chi connectivity index (χ4v) is 3.72. The molecular weight excluding hydrogens is 230 g/mol. The largest absolute Gasteiger partial charge is 0.378 e. The Morgan fingerprint density at radius 3 is 2.33 bits per heavy atom. The molecule has 0 spiro atoms. The number of nitrogens with zero attached hydrogens (tertiary/aromatic N) is 1. The Morgan fingerprint density at radius 1 is 1.11 bits per heavy atom. The molecule has 0 unspecified atom stereocenters. The lowest BCUT2D eigenvalue weighted by atomic mass is 9.67. The second-order valence-electron chi connectivity index (χ2n) is 5.83. The molecule has 100 valence electrons. The van der Waals surface area contributed by atoms with Crippen molar-refractivity contribution in [1.29, 1.82) is 0 Å². The molecule has 2 atom stereocenters. The highest BCUT2D eigenvalue weighted by atomic mass is 16.5. The van der Waals surface area contributed by atoms with Crippen LogP contribution in [0.3, 0.4) is 0 Å². The SMILES string of the molecule is O=C1[C@@H]2CCC[C@@H]1CC(C(=O)N1CCOCC1)C2. The zero-order chi connectivity index (χ0) is 12.5. The Kier molecular flexibility index (Phi) is 3.37. The van der Waals surface area contributed by atoms with Gasteiger partial charge in [0.15, 0.2) is 0 Å². The van der Waals surface area contributed by atoms with E-state index < -0.39 is 0 Å². The van der Waals surface area contributed by atoms with E-state index in [-0.39, 0.29) is 23.7 Å². The third-order valence-corrected chi connectivity index (χ3v) is 4.72. The van der Waals surface area contributed by atoms with Gasteiger partial charge in [0.25, 0.3) is 0 Å². The van der Waals surface area contributed by atoms with Crippen LogP contribution in [0.5, 0.6) is 0 Å². The molecule has 0 aromatic rings. The van der Waals surface area contributed by atoms with E-state index in [2.05, 4.69) is 0 Å². The van der Waals surface area contributed by atoms with Crippen LogP contribution in [-0.2, 0) is 14.3 Å². The molecule has 0 aromatic heterocycles. The molecule has 2 bridgehead atoms. The number of Topliss-reactive ketones (excluding diaryl/α,β-unsaturated/α-hetero) is 1. The monoisotopic (exact) mass is 251 g/mol. The molecule has 3 rings (SSSR count). The van der Waals surface area contributed by atoms with Crippen molar-refractivity contribution >= 4 is 11.7 Å². The minimum atomic E-state index is 0.0936. The molecule has 3 aliphatic rings. The molecule has 0 radical (unpaired) electrons. The van der Waals surface area contributed by atoms with Gasteiger partial charge in [0.2, 0.25) is 5.91 Å². The Hall–Kier alpha value is -0.900. The van der Waals surface area contributed by atoms with Crippen molar-refractivity contribution in [3.05, 3.63) is 0 Å². The quantitative estimate of drug-likeness (QED) is 0.704. The molecule has 1 heterocycles. The Balaban J connectivity index is 1.66. The van der Waals surface area contributed by atoms with Crippen molar-refractivity contribution in [3.63, 3.8) is 0 Å². The number of ether oxygens (including phenoxy) is 1. The third-order valence-electron chi connectivity index (χ3n) is 4.72. The molecule has 1 saturated heterocycles. The Labute approximate surface area is 108 Å². The molecule has 0 N–H and O–H groups in total. The number of carbonyl (C=O) groups is 2. The summed E-state index contributed by atoms with van der Waals surface area (Å²) >= 11 is 0. The summed E-state index contributed by atoms with van der Waals surface area (Å²) in [7, 11) is 0. The van der Waals surface area contributed by atoms with Gasteiger partial charge in [-0.25, -0.2) is 0 Å². The predicted octanol–water partition coefficient (Wildman–Crippen LogP) is 1.24. The van der Waals surface area contributed by atoms with Crippen molar-refractivity contribution in [2.45, 2.75) is 32.1 Å². The maximum absolute atomic E-state index is 12.5. The number of morpholine rings is 1. The summed E-state index contributed by atoms with van der Waals surface area (Å²) < 4.78 is 5.28. The average molecular weight is 251 g/mol. The number of hydrogen-bond acceptors (Lipinski definition) is 3. The van der Waals surface area contributed by atoms with Crippen LogP contribution in [0.15, 0.2) is 0 Å². The molecule has 18 heavy (non-hydrogen) atoms. The van der Waals surface area contributed by atoms with E-state index in [0.717, 1.165) is 38.8 Å². The van der Waals surface area contributed by atoms with Gasteiger partial charge in [0.05, 0.1) is 13.2 Å². The van der Waals surface area contributed by atoms with Gasteiger partial charge in [0.1, 0.15) is 5.78 Å². The summed E-state index contributed by atoms with van der Waals surface area (Å²) in [6, 6.07) is 0. The van der Waals surface area contributed by atoms with Gasteiger partial charge in [-0.2, -0.15) is 0 Å². The van der Waals surface area contributed by atoms with Gasteiger partial charge < -0.3 is 9.64 Å². The zero-order valence-electron chi connectivity index (χ0n) is 10.8. The maximum Gasteiger partial charge on any atom is 0.225 e. The molecule has 2 saturated carbocycles. The lowest BCUT2D eigenvalue weighted by Gasteiger charge is -2.39. The molecule has 3 fully saturated rings. The van der Waals surface area contributed by atoms with Gasteiger partial charge in [0, 0.05) is 30.8 Å². The van der Waals surface area contributed by atoms with Gasteiger partial charge in [-0.05, 0) is 25.7 Å². The fraction of sp³-hybridized carbons (Fsp3) is 0.857. The molecule has 4 nitrogen and oxygen atoms in total. The number of fused-ring (bicyclic) bond motifs is 2. The van der Waals surface area contributed by atoms with Crippen molar-refractivity contribution < 1.29 is 14.3 Å². The normalized spacial score (nSPS) is 36.6. The van der Waals surface area contributed by atoms with E-state index in [1.54, 1.807) is 0 Å². The van der Waals surface area contributed by atoms with E-state index in [1.165, 1.54) is 6.42 Å². The first-order valence-electron chi connectivity index (χ1n) is 7.16. The summed E-state index contributed by atoms with van der Waals surface area (Å²) in [6.45, 7) is 2.76. The summed E-state index contributed by atoms with van der Waals surface area (Å²) in [5, 5.41) is 0. The van der Waals surface area contributed by atoms with Crippen LogP contribution in [0.25, 0.3) is 0 Å². The first-order valence-corrected chi connectivity index (χ1v) is 7.16. The number of hydrogen-bond donors (Lipinski definition) is 0. The number of carbonyl (C=O) groups excluding carboxylic acids is 2. The van der Waals surface area contributed by atoms with Crippen LogP contribution in [0.4, 0.5) is 0 Å². The van der Waals surface area contributed by atoms with Crippen molar-refractivity contribution in [2.75, 3.05) is 26.3 Å². The highest BCUT2D eigenvalue weighted by Crippen LogP contribution is 2.40. The second-order valence-corrected chi connectivity index (χ2v) is 5.83. The number of ketones is 1. The van der Waals surface area contributed by atoms with E-state index in [9.17, 15) is 9.59 Å². The summed E-state index contributed by atoms with van der Waals surface area (Å²) in [5.41, 5.74) is 0. The van der Waals surface area contributed by atoms with Crippen LogP contribution in [0.1, 0.15) is 32.1 Å². The minimum Gasteiger partial charge on any atom is -0.378 e. The standard InChI is InChI=1S/C14H21NO3/c16-13-10-2-1-3-11(13)9-12(8-10)14(17)15-4-6-18-7-5-15/h10-12H,1-9H2/t10-,11-/m1/s1. The van der Waals surface area contributed by atoms with Gasteiger partial charge in [-0.15, -0.1) is 0 Å². The van der Waals surface area contributed by atoms with Crippen LogP contribution >= 0.6 is 0 Å². The first-order chi connectivity index (χ1) is 8.75. The van der Waals surface area contributed by atoms with Gasteiger partial charge in [-0.1, -0.05) is 6.42 Å². The van der Waals surface area contributed by atoms with E-state index in [0.29, 0.717) is 19.0 Å². The highest BCUT2D eigenvalue weighted by molar-refractivity contribution is 5.88. The Morgan fingerprint density at radius 2 is 1.72 bits per heavy atom. The zero-order valence-corrected chi connectivity index (χ0v) is 10.8. The molecule has 4 heteroatoms. The summed E-state index contributed by atoms with van der Waals surface area (Å²) in [4.78, 5) is 26.4. The molecule has 2 aliphatic carbocycles. The van der Waals surface area contributed by atoms with Crippen LogP contribution < -0.4 is 0 Å². The summed E-state index contributed by atoms with van der Waals surface area (Å²) in [6.07, 6.45) is 4.76.